The van der Waals surface area contributed by atoms with Crippen molar-refractivity contribution in [1.29, 1.82) is 0 Å². The van der Waals surface area contributed by atoms with E-state index in [0.717, 1.165) is 40.6 Å². The highest BCUT2D eigenvalue weighted by Crippen LogP contribution is 2.26. The number of hydrogen-bond donors (Lipinski definition) is 1. The monoisotopic (exact) mass is 230 g/mol. The summed E-state index contributed by atoms with van der Waals surface area (Å²) in [7, 11) is 1.64. The molecule has 0 unspecified atom stereocenters. The number of aromatic nitrogens is 1. The van der Waals surface area contributed by atoms with Crippen LogP contribution in [0.4, 0.5) is 0 Å². The van der Waals surface area contributed by atoms with Crippen LogP contribution in [0.3, 0.4) is 0 Å². The number of methoxy groups -OCH3 is 1. The van der Waals surface area contributed by atoms with Crippen LogP contribution in [0.1, 0.15) is 17.5 Å². The second-order valence-electron chi connectivity index (χ2n) is 3.91. The smallest absolute Gasteiger partial charge is 0.119 e. The molecule has 3 nitrogen and oxygen atoms in total. The van der Waals surface area contributed by atoms with Gasteiger partial charge in [0.15, 0.2) is 0 Å². The molecule has 2 rings (SSSR count). The molecule has 1 aromatic carbocycles. The Morgan fingerprint density at radius 2 is 2.24 bits per heavy atom. The fourth-order valence-corrected chi connectivity index (χ4v) is 2.00. The Kier molecular flexibility index (Phi) is 3.59. The van der Waals surface area contributed by atoms with Crippen LogP contribution in [0.2, 0.25) is 0 Å². The lowest BCUT2D eigenvalue weighted by atomic mass is 10.00. The maximum Gasteiger partial charge on any atom is 0.119 e. The third kappa shape index (κ3) is 2.24. The minimum absolute atomic E-state index is 0.00941. The molecule has 3 heteroatoms. The summed E-state index contributed by atoms with van der Waals surface area (Å²) < 4.78 is 5.22. The number of rotatable bonds is 4. The van der Waals surface area contributed by atoms with Gasteiger partial charge in [-0.2, -0.15) is 0 Å². The second kappa shape index (κ2) is 5.15. The summed E-state index contributed by atoms with van der Waals surface area (Å²) in [6.07, 6.45) is 3.37. The third-order valence-electron chi connectivity index (χ3n) is 2.87. The number of hydrogen-bond acceptors (Lipinski definition) is 3. The summed E-state index contributed by atoms with van der Waals surface area (Å²) in [6.45, 7) is 3.88. The van der Waals surface area contributed by atoms with Crippen LogP contribution >= 0.6 is 0 Å². The summed E-state index contributed by atoms with van der Waals surface area (Å²) in [5.41, 5.74) is 2.91. The lowest BCUT2D eigenvalue weighted by Gasteiger charge is -2.11. The van der Waals surface area contributed by atoms with Gasteiger partial charge in [0.05, 0.1) is 19.2 Å². The van der Waals surface area contributed by atoms with Crippen molar-refractivity contribution in [2.24, 2.45) is 0 Å². The van der Waals surface area contributed by atoms with Gasteiger partial charge in [-0.3, -0.25) is 4.98 Å². The van der Waals surface area contributed by atoms with Crippen molar-refractivity contribution >= 4 is 10.9 Å². The number of ether oxygens (including phenoxy) is 1. The van der Waals surface area contributed by atoms with Crippen molar-refractivity contribution in [2.45, 2.75) is 19.4 Å². The third-order valence-corrected chi connectivity index (χ3v) is 2.87. The molecule has 1 aromatic heterocycles. The van der Waals surface area contributed by atoms with E-state index in [1.54, 1.807) is 13.3 Å². The molecule has 2 aromatic rings. The number of aliphatic hydroxyl groups is 1. The zero-order valence-electron chi connectivity index (χ0n) is 9.94. The van der Waals surface area contributed by atoms with E-state index < -0.39 is 0 Å². The Hall–Kier alpha value is -1.61. The molecule has 0 saturated heterocycles. The molecule has 89 valence electrons. The van der Waals surface area contributed by atoms with Gasteiger partial charge in [-0.1, -0.05) is 6.92 Å². The highest BCUT2D eigenvalue weighted by molar-refractivity contribution is 5.84. The largest absolute Gasteiger partial charge is 0.497 e. The average molecular weight is 230 g/mol. The van der Waals surface area contributed by atoms with Crippen LogP contribution in [0, 0.1) is 6.92 Å². The molecule has 0 aliphatic carbocycles. The molecule has 17 heavy (non-hydrogen) atoms. The first kappa shape index (κ1) is 11.9. The van der Waals surface area contributed by atoms with Crippen molar-refractivity contribution in [3.63, 3.8) is 0 Å². The van der Waals surface area contributed by atoms with E-state index in [4.69, 9.17) is 4.74 Å². The molecular weight excluding hydrogens is 214 g/mol. The van der Waals surface area contributed by atoms with E-state index in [0.29, 0.717) is 0 Å². The first-order chi connectivity index (χ1) is 8.30. The molecule has 0 aliphatic heterocycles. The van der Waals surface area contributed by atoms with Gasteiger partial charge >= 0.3 is 0 Å². The fourth-order valence-electron chi connectivity index (χ4n) is 2.00. The van der Waals surface area contributed by atoms with Gasteiger partial charge in [0.1, 0.15) is 5.75 Å². The highest BCUT2D eigenvalue weighted by Gasteiger charge is 2.08. The molecule has 0 bridgehead atoms. The molecule has 0 spiro atoms. The second-order valence-corrected chi connectivity index (χ2v) is 3.91. The molecular formula is C14H16NO2. The van der Waals surface area contributed by atoms with Gasteiger partial charge in [0.2, 0.25) is 0 Å². The lowest BCUT2D eigenvalue weighted by Crippen LogP contribution is -1.98. The summed E-state index contributed by atoms with van der Waals surface area (Å²) >= 11 is 0. The van der Waals surface area contributed by atoms with E-state index in [9.17, 15) is 5.11 Å². The van der Waals surface area contributed by atoms with Gasteiger partial charge < -0.3 is 9.84 Å². The molecule has 1 radical (unpaired) electrons. The number of nitrogens with zero attached hydrogens (tertiary/aromatic N) is 1. The number of aryl methyl sites for hydroxylation is 1. The van der Waals surface area contributed by atoms with Crippen molar-refractivity contribution in [3.8, 4) is 5.75 Å². The highest BCUT2D eigenvalue weighted by atomic mass is 16.5. The standard InChI is InChI=1S/C14H16NO2/c1-3-4-12-10(9-16)8-15-14-6-5-11(17-2)7-13(12)14/h5-8,16H,1,3-4,9H2,2H3. The zero-order chi connectivity index (χ0) is 12.3. The van der Waals surface area contributed by atoms with Crippen molar-refractivity contribution in [3.05, 3.63) is 42.4 Å². The van der Waals surface area contributed by atoms with Crippen LogP contribution in [0.5, 0.6) is 5.75 Å². The summed E-state index contributed by atoms with van der Waals surface area (Å²) in [6, 6.07) is 5.79. The Morgan fingerprint density at radius 1 is 1.41 bits per heavy atom. The topological polar surface area (TPSA) is 42.4 Å². The number of benzene rings is 1. The van der Waals surface area contributed by atoms with E-state index in [1.165, 1.54) is 0 Å². The summed E-state index contributed by atoms with van der Waals surface area (Å²) in [4.78, 5) is 4.33. The van der Waals surface area contributed by atoms with Gasteiger partial charge in [-0.15, -0.1) is 0 Å². The number of pyridine rings is 1. The summed E-state index contributed by atoms with van der Waals surface area (Å²) in [5, 5.41) is 10.4. The van der Waals surface area contributed by atoms with E-state index in [2.05, 4.69) is 11.9 Å². The van der Waals surface area contributed by atoms with E-state index >= 15 is 0 Å². The van der Waals surface area contributed by atoms with E-state index in [1.807, 2.05) is 18.2 Å². The van der Waals surface area contributed by atoms with Crippen molar-refractivity contribution < 1.29 is 9.84 Å². The maximum absolute atomic E-state index is 9.34. The molecule has 1 heterocycles. The molecule has 0 fully saturated rings. The van der Waals surface area contributed by atoms with Crippen molar-refractivity contribution in [1.82, 2.24) is 4.98 Å². The molecule has 0 aliphatic rings. The quantitative estimate of drug-likeness (QED) is 0.877. The van der Waals surface area contributed by atoms with Crippen LogP contribution in [-0.4, -0.2) is 17.2 Å². The number of aliphatic hydroxyl groups excluding tert-OH is 1. The Balaban J connectivity index is 2.67. The first-order valence-electron chi connectivity index (χ1n) is 5.64. The number of fused-ring (bicyclic) bond motifs is 1. The van der Waals surface area contributed by atoms with Gasteiger partial charge in [0, 0.05) is 11.6 Å². The molecule has 1 N–H and O–H groups in total. The lowest BCUT2D eigenvalue weighted by molar-refractivity contribution is 0.280. The fraction of sp³-hybridized carbons (Fsp3) is 0.286. The van der Waals surface area contributed by atoms with Gasteiger partial charge in [-0.05, 0) is 42.2 Å². The molecule has 0 amide bonds. The van der Waals surface area contributed by atoms with E-state index in [-0.39, 0.29) is 6.61 Å². The SMILES string of the molecule is [CH2]CCc1c(CO)cnc2ccc(OC)cc12. The average Bonchev–Trinajstić information content (AvgIpc) is 2.39. The van der Waals surface area contributed by atoms with Crippen LogP contribution in [0.25, 0.3) is 10.9 Å². The van der Waals surface area contributed by atoms with Crippen LogP contribution in [0.15, 0.2) is 24.4 Å². The van der Waals surface area contributed by atoms with Crippen LogP contribution in [-0.2, 0) is 13.0 Å². The Morgan fingerprint density at radius 3 is 2.88 bits per heavy atom. The Bertz CT molecular complexity index is 518. The summed E-state index contributed by atoms with van der Waals surface area (Å²) in [5.74, 6) is 0.805. The van der Waals surface area contributed by atoms with Crippen molar-refractivity contribution in [2.75, 3.05) is 7.11 Å². The predicted molar refractivity (Wildman–Crippen MR) is 67.9 cm³/mol. The minimum Gasteiger partial charge on any atom is -0.497 e. The van der Waals surface area contributed by atoms with Gasteiger partial charge in [-0.25, -0.2) is 0 Å². The van der Waals surface area contributed by atoms with Crippen LogP contribution < -0.4 is 4.74 Å². The zero-order valence-corrected chi connectivity index (χ0v) is 9.94. The first-order valence-corrected chi connectivity index (χ1v) is 5.64. The molecule has 0 saturated carbocycles. The minimum atomic E-state index is 0.00941. The molecule has 0 atom stereocenters. The van der Waals surface area contributed by atoms with Gasteiger partial charge in [0.25, 0.3) is 0 Å². The Labute approximate surface area is 101 Å². The predicted octanol–water partition coefficient (Wildman–Crippen LogP) is 2.50. The maximum atomic E-state index is 9.34. The normalized spacial score (nSPS) is 10.8.